The monoisotopic (exact) mass is 338 g/mol. The highest BCUT2D eigenvalue weighted by Gasteiger charge is 2.22. The third kappa shape index (κ3) is 3.30. The molecule has 0 radical (unpaired) electrons. The van der Waals surface area contributed by atoms with E-state index in [9.17, 15) is 0 Å². The molecule has 0 saturated carbocycles. The predicted octanol–water partition coefficient (Wildman–Crippen LogP) is 1.48. The molecule has 1 aliphatic rings. The van der Waals surface area contributed by atoms with E-state index in [0.29, 0.717) is 18.5 Å². The molecule has 0 fully saturated rings. The van der Waals surface area contributed by atoms with Crippen molar-refractivity contribution in [3.05, 3.63) is 47.8 Å². The summed E-state index contributed by atoms with van der Waals surface area (Å²) in [6.45, 7) is 5.70. The Bertz CT molecular complexity index is 835. The Morgan fingerprint density at radius 2 is 2.08 bits per heavy atom. The van der Waals surface area contributed by atoms with Crippen LogP contribution in [0.3, 0.4) is 0 Å². The fraction of sp³-hybridized carbons (Fsp3) is 0.471. The minimum atomic E-state index is 0.343. The van der Waals surface area contributed by atoms with Gasteiger partial charge in [-0.25, -0.2) is 9.67 Å². The van der Waals surface area contributed by atoms with E-state index in [1.807, 2.05) is 35.0 Å². The lowest BCUT2D eigenvalue weighted by atomic mass is 10.1. The van der Waals surface area contributed by atoms with Crippen molar-refractivity contribution in [1.29, 1.82) is 0 Å². The van der Waals surface area contributed by atoms with Crippen molar-refractivity contribution in [2.24, 2.45) is 0 Å². The summed E-state index contributed by atoms with van der Waals surface area (Å²) in [4.78, 5) is 4.64. The van der Waals surface area contributed by atoms with Crippen LogP contribution in [0, 0.1) is 0 Å². The fourth-order valence-corrected chi connectivity index (χ4v) is 3.06. The molecule has 3 heterocycles. The van der Waals surface area contributed by atoms with Gasteiger partial charge in [0, 0.05) is 18.4 Å². The number of fused-ring (bicyclic) bond motifs is 1. The SMILES string of the molecule is CC(C)c1nc2n(n1)C[C@@H](NCc1nnnn1-c1ccccc1)CC2. The van der Waals surface area contributed by atoms with Gasteiger partial charge in [-0.15, -0.1) is 5.10 Å². The van der Waals surface area contributed by atoms with Crippen LogP contribution in [0.2, 0.25) is 0 Å². The Morgan fingerprint density at radius 3 is 2.88 bits per heavy atom. The van der Waals surface area contributed by atoms with Crippen LogP contribution in [0.25, 0.3) is 5.69 Å². The van der Waals surface area contributed by atoms with Crippen LogP contribution in [-0.4, -0.2) is 41.0 Å². The fourth-order valence-electron chi connectivity index (χ4n) is 3.06. The van der Waals surface area contributed by atoms with Crippen LogP contribution in [0.5, 0.6) is 0 Å². The quantitative estimate of drug-likeness (QED) is 0.758. The summed E-state index contributed by atoms with van der Waals surface area (Å²) in [6.07, 6.45) is 1.99. The van der Waals surface area contributed by atoms with Crippen LogP contribution < -0.4 is 5.32 Å². The highest BCUT2D eigenvalue weighted by molar-refractivity contribution is 5.30. The molecule has 8 nitrogen and oxygen atoms in total. The van der Waals surface area contributed by atoms with Crippen LogP contribution in [-0.2, 0) is 19.5 Å². The number of aromatic nitrogens is 7. The first-order valence-electron chi connectivity index (χ1n) is 8.70. The summed E-state index contributed by atoms with van der Waals surface area (Å²) < 4.78 is 3.81. The molecule has 25 heavy (non-hydrogen) atoms. The van der Waals surface area contributed by atoms with Gasteiger partial charge in [0.1, 0.15) is 5.82 Å². The number of hydrogen-bond donors (Lipinski definition) is 1. The molecule has 1 N–H and O–H groups in total. The number of nitrogens with zero attached hydrogens (tertiary/aromatic N) is 7. The third-order valence-electron chi connectivity index (χ3n) is 4.47. The molecule has 0 spiro atoms. The number of benzene rings is 1. The first-order valence-corrected chi connectivity index (χ1v) is 8.70. The zero-order chi connectivity index (χ0) is 17.2. The summed E-state index contributed by atoms with van der Waals surface area (Å²) in [5.41, 5.74) is 0.966. The Hall–Kier alpha value is -2.61. The molecule has 0 bridgehead atoms. The van der Waals surface area contributed by atoms with E-state index in [1.165, 1.54) is 0 Å². The molecule has 0 saturated heterocycles. The molecule has 3 aromatic rings. The molecule has 4 rings (SSSR count). The van der Waals surface area contributed by atoms with Gasteiger partial charge in [0.2, 0.25) is 0 Å². The zero-order valence-corrected chi connectivity index (χ0v) is 14.5. The maximum Gasteiger partial charge on any atom is 0.170 e. The van der Waals surface area contributed by atoms with Crippen LogP contribution in [0.4, 0.5) is 0 Å². The molecule has 130 valence electrons. The lowest BCUT2D eigenvalue weighted by Gasteiger charge is -2.23. The summed E-state index contributed by atoms with van der Waals surface area (Å²) in [5.74, 6) is 3.19. The minimum absolute atomic E-state index is 0.343. The normalized spacial score (nSPS) is 17.0. The predicted molar refractivity (Wildman–Crippen MR) is 92.2 cm³/mol. The average Bonchev–Trinajstić information content (AvgIpc) is 3.27. The maximum absolute atomic E-state index is 4.64. The molecule has 2 aromatic heterocycles. The Labute approximate surface area is 146 Å². The number of tetrazole rings is 1. The van der Waals surface area contributed by atoms with E-state index < -0.39 is 0 Å². The van der Waals surface area contributed by atoms with Crippen molar-refractivity contribution >= 4 is 0 Å². The second-order valence-electron chi connectivity index (χ2n) is 6.68. The molecule has 1 aliphatic heterocycles. The zero-order valence-electron chi connectivity index (χ0n) is 14.5. The Morgan fingerprint density at radius 1 is 1.24 bits per heavy atom. The van der Waals surface area contributed by atoms with Gasteiger partial charge in [0.05, 0.1) is 18.8 Å². The Kier molecular flexibility index (Phi) is 4.27. The van der Waals surface area contributed by atoms with E-state index >= 15 is 0 Å². The highest BCUT2D eigenvalue weighted by atomic mass is 15.5. The molecule has 0 aliphatic carbocycles. The molecular formula is C17H22N8. The molecule has 0 amide bonds. The molecule has 1 aromatic carbocycles. The van der Waals surface area contributed by atoms with E-state index in [-0.39, 0.29) is 0 Å². The second-order valence-corrected chi connectivity index (χ2v) is 6.68. The van der Waals surface area contributed by atoms with Crippen LogP contribution in [0.15, 0.2) is 30.3 Å². The number of aryl methyl sites for hydroxylation is 1. The van der Waals surface area contributed by atoms with Crippen molar-refractivity contribution in [3.63, 3.8) is 0 Å². The number of para-hydroxylation sites is 1. The summed E-state index contributed by atoms with van der Waals surface area (Å²) in [7, 11) is 0. The first kappa shape index (κ1) is 15.9. The van der Waals surface area contributed by atoms with Crippen molar-refractivity contribution in [2.45, 2.75) is 51.7 Å². The average molecular weight is 338 g/mol. The summed E-state index contributed by atoms with van der Waals surface area (Å²) in [5, 5.41) is 20.3. The van der Waals surface area contributed by atoms with E-state index in [0.717, 1.165) is 42.5 Å². The third-order valence-corrected chi connectivity index (χ3v) is 4.47. The van der Waals surface area contributed by atoms with Gasteiger partial charge < -0.3 is 5.32 Å². The standard InChI is InChI=1S/C17H22N8/c1-12(2)17-19-15-9-8-13(11-24(15)21-17)18-10-16-20-22-23-25(16)14-6-4-3-5-7-14/h3-7,12-13,18H,8-11H2,1-2H3/t13-/m0/s1. The van der Waals surface area contributed by atoms with Crippen LogP contribution in [0.1, 0.15) is 43.7 Å². The van der Waals surface area contributed by atoms with E-state index in [2.05, 4.69) is 44.8 Å². The van der Waals surface area contributed by atoms with Crippen molar-refractivity contribution in [2.75, 3.05) is 0 Å². The molecular weight excluding hydrogens is 316 g/mol. The summed E-state index contributed by atoms with van der Waals surface area (Å²) in [6, 6.07) is 10.3. The number of hydrogen-bond acceptors (Lipinski definition) is 6. The van der Waals surface area contributed by atoms with Crippen molar-refractivity contribution in [1.82, 2.24) is 40.3 Å². The topological polar surface area (TPSA) is 86.3 Å². The van der Waals surface area contributed by atoms with Gasteiger partial charge in [0.25, 0.3) is 0 Å². The van der Waals surface area contributed by atoms with Crippen molar-refractivity contribution in [3.8, 4) is 5.69 Å². The largest absolute Gasteiger partial charge is 0.305 e. The molecule has 1 atom stereocenters. The molecule has 8 heteroatoms. The second kappa shape index (κ2) is 6.72. The maximum atomic E-state index is 4.64. The number of nitrogens with one attached hydrogen (secondary N) is 1. The van der Waals surface area contributed by atoms with Crippen LogP contribution >= 0.6 is 0 Å². The Balaban J connectivity index is 1.42. The van der Waals surface area contributed by atoms with Gasteiger partial charge in [-0.1, -0.05) is 32.0 Å². The lowest BCUT2D eigenvalue weighted by Crippen LogP contribution is -2.38. The van der Waals surface area contributed by atoms with Gasteiger partial charge >= 0.3 is 0 Å². The summed E-state index contributed by atoms with van der Waals surface area (Å²) >= 11 is 0. The van der Waals surface area contributed by atoms with Gasteiger partial charge in [-0.05, 0) is 29.0 Å². The minimum Gasteiger partial charge on any atom is -0.305 e. The van der Waals surface area contributed by atoms with Gasteiger partial charge in [0.15, 0.2) is 11.6 Å². The first-order chi connectivity index (χ1) is 12.2. The number of rotatable bonds is 5. The highest BCUT2D eigenvalue weighted by Crippen LogP contribution is 2.17. The smallest absolute Gasteiger partial charge is 0.170 e. The van der Waals surface area contributed by atoms with Crippen molar-refractivity contribution < 1.29 is 0 Å². The van der Waals surface area contributed by atoms with E-state index in [4.69, 9.17) is 0 Å². The van der Waals surface area contributed by atoms with Gasteiger partial charge in [-0.3, -0.25) is 0 Å². The van der Waals surface area contributed by atoms with Gasteiger partial charge in [-0.2, -0.15) is 9.78 Å². The molecule has 0 unspecified atom stereocenters. The van der Waals surface area contributed by atoms with E-state index in [1.54, 1.807) is 4.68 Å². The lowest BCUT2D eigenvalue weighted by molar-refractivity contribution is 0.353.